The van der Waals surface area contributed by atoms with E-state index in [0.717, 1.165) is 67.6 Å². The molecule has 0 aromatic rings. The summed E-state index contributed by atoms with van der Waals surface area (Å²) in [5.41, 5.74) is 5.72. The molecule has 0 fully saturated rings. The number of ether oxygens (including phenoxy) is 1. The molecule has 2 heteroatoms. The largest absolute Gasteiger partial charge is 0.381 e. The average molecular weight is 510 g/mol. The summed E-state index contributed by atoms with van der Waals surface area (Å²) in [5, 5.41) is 0. The van der Waals surface area contributed by atoms with E-state index in [1.54, 1.807) is 0 Å². The number of nitrogens with two attached hydrogens (primary N) is 1. The van der Waals surface area contributed by atoms with E-state index in [2.05, 4.69) is 55.4 Å². The zero-order chi connectivity index (χ0) is 27.2. The molecule has 0 aromatic heterocycles. The Bertz CT molecular complexity index is 452. The van der Waals surface area contributed by atoms with Gasteiger partial charge in [0, 0.05) is 13.2 Å². The standard InChI is InChI=1S/C34H71NO/c1-9-19-29(11-3)33(15-7)31(13-5)22-17-21-28(27-36-26-18-25-35)23-24-32(14-6)34(16-8)30(12-4)20-10-2/h28-34H,9-27,35H2,1-8H3. The van der Waals surface area contributed by atoms with Gasteiger partial charge in [0.2, 0.25) is 0 Å². The molecule has 2 N–H and O–H groups in total. The summed E-state index contributed by atoms with van der Waals surface area (Å²) in [5.74, 6) is 6.15. The first-order valence-corrected chi connectivity index (χ1v) is 16.8. The van der Waals surface area contributed by atoms with Gasteiger partial charge in [-0.05, 0) is 73.7 Å². The molecule has 7 atom stereocenters. The van der Waals surface area contributed by atoms with E-state index in [1.807, 2.05) is 0 Å². The summed E-state index contributed by atoms with van der Waals surface area (Å²) in [6, 6.07) is 0. The van der Waals surface area contributed by atoms with Crippen molar-refractivity contribution in [1.29, 1.82) is 0 Å². The van der Waals surface area contributed by atoms with Gasteiger partial charge in [-0.3, -0.25) is 0 Å². The molecule has 0 radical (unpaired) electrons. The molecule has 0 saturated heterocycles. The molecule has 7 unspecified atom stereocenters. The van der Waals surface area contributed by atoms with Gasteiger partial charge in [-0.1, -0.05) is 132 Å². The molecule has 0 aromatic carbocycles. The van der Waals surface area contributed by atoms with Gasteiger partial charge in [0.05, 0.1) is 0 Å². The smallest absolute Gasteiger partial charge is 0.0494 e. The summed E-state index contributed by atoms with van der Waals surface area (Å²) < 4.78 is 6.16. The van der Waals surface area contributed by atoms with Crippen molar-refractivity contribution in [2.24, 2.45) is 47.2 Å². The Balaban J connectivity index is 5.13. The zero-order valence-corrected chi connectivity index (χ0v) is 26.5. The van der Waals surface area contributed by atoms with Gasteiger partial charge >= 0.3 is 0 Å². The van der Waals surface area contributed by atoms with Gasteiger partial charge in [0.25, 0.3) is 0 Å². The molecule has 0 aliphatic heterocycles. The minimum atomic E-state index is 0.718. The van der Waals surface area contributed by atoms with Crippen LogP contribution in [0.2, 0.25) is 0 Å². The highest BCUT2D eigenvalue weighted by Crippen LogP contribution is 2.38. The Morgan fingerprint density at radius 2 is 0.972 bits per heavy atom. The lowest BCUT2D eigenvalue weighted by Gasteiger charge is -2.34. The van der Waals surface area contributed by atoms with Gasteiger partial charge in [0.1, 0.15) is 0 Å². The normalized spacial score (nSPS) is 17.9. The van der Waals surface area contributed by atoms with Crippen molar-refractivity contribution in [1.82, 2.24) is 0 Å². The third-order valence-corrected chi connectivity index (χ3v) is 9.76. The van der Waals surface area contributed by atoms with Crippen molar-refractivity contribution in [3.63, 3.8) is 0 Å². The summed E-state index contributed by atoms with van der Waals surface area (Å²) in [6.07, 6.45) is 21.5. The Morgan fingerprint density at radius 3 is 1.39 bits per heavy atom. The minimum Gasteiger partial charge on any atom is -0.381 e. The van der Waals surface area contributed by atoms with Crippen molar-refractivity contribution in [2.75, 3.05) is 19.8 Å². The predicted molar refractivity (Wildman–Crippen MR) is 164 cm³/mol. The van der Waals surface area contributed by atoms with Crippen LogP contribution in [-0.4, -0.2) is 19.8 Å². The van der Waals surface area contributed by atoms with Crippen LogP contribution >= 0.6 is 0 Å². The van der Waals surface area contributed by atoms with Crippen molar-refractivity contribution in [3.05, 3.63) is 0 Å². The van der Waals surface area contributed by atoms with E-state index in [9.17, 15) is 0 Å². The SMILES string of the molecule is CCCC(CC)C(CC)C(CC)CCCC(CCC(CC)C(CC)C(CC)CCC)COCCCN. The van der Waals surface area contributed by atoms with Gasteiger partial charge in [-0.2, -0.15) is 0 Å². The first-order valence-electron chi connectivity index (χ1n) is 16.8. The van der Waals surface area contributed by atoms with E-state index >= 15 is 0 Å². The van der Waals surface area contributed by atoms with Crippen LogP contribution in [0.1, 0.15) is 158 Å². The Labute approximate surface area is 229 Å². The molecule has 0 aliphatic rings. The number of hydrogen-bond donors (Lipinski definition) is 1. The second-order valence-corrected chi connectivity index (χ2v) is 12.0. The summed E-state index contributed by atoms with van der Waals surface area (Å²) >= 11 is 0. The van der Waals surface area contributed by atoms with Crippen LogP contribution in [0, 0.1) is 41.4 Å². The lowest BCUT2D eigenvalue weighted by Crippen LogP contribution is -2.24. The molecule has 2 nitrogen and oxygen atoms in total. The van der Waals surface area contributed by atoms with Crippen molar-refractivity contribution < 1.29 is 4.74 Å². The van der Waals surface area contributed by atoms with E-state index in [1.165, 1.54) is 96.3 Å². The van der Waals surface area contributed by atoms with Crippen LogP contribution in [0.15, 0.2) is 0 Å². The summed E-state index contributed by atoms with van der Waals surface area (Å²) in [7, 11) is 0. The van der Waals surface area contributed by atoms with Crippen molar-refractivity contribution in [2.45, 2.75) is 158 Å². The van der Waals surface area contributed by atoms with Crippen molar-refractivity contribution >= 4 is 0 Å². The van der Waals surface area contributed by atoms with E-state index in [-0.39, 0.29) is 0 Å². The van der Waals surface area contributed by atoms with Gasteiger partial charge in [-0.25, -0.2) is 0 Å². The third kappa shape index (κ3) is 14.2. The Kier molecular flexibility index (Phi) is 23.9. The average Bonchev–Trinajstić information content (AvgIpc) is 2.90. The fourth-order valence-corrected chi connectivity index (χ4v) is 7.59. The molecule has 0 bridgehead atoms. The monoisotopic (exact) mass is 510 g/mol. The second-order valence-electron chi connectivity index (χ2n) is 12.0. The molecule has 0 heterocycles. The lowest BCUT2D eigenvalue weighted by atomic mass is 9.72. The maximum atomic E-state index is 6.16. The van der Waals surface area contributed by atoms with Crippen LogP contribution < -0.4 is 5.73 Å². The zero-order valence-electron chi connectivity index (χ0n) is 26.5. The molecule has 218 valence electrons. The summed E-state index contributed by atoms with van der Waals surface area (Å²) in [4.78, 5) is 0. The fourth-order valence-electron chi connectivity index (χ4n) is 7.59. The minimum absolute atomic E-state index is 0.718. The molecule has 36 heavy (non-hydrogen) atoms. The second kappa shape index (κ2) is 24.0. The maximum absolute atomic E-state index is 6.16. The lowest BCUT2D eigenvalue weighted by molar-refractivity contribution is 0.0823. The van der Waals surface area contributed by atoms with Gasteiger partial charge in [0.15, 0.2) is 0 Å². The van der Waals surface area contributed by atoms with E-state index < -0.39 is 0 Å². The van der Waals surface area contributed by atoms with Crippen LogP contribution in [0.3, 0.4) is 0 Å². The summed E-state index contributed by atoms with van der Waals surface area (Å²) in [6.45, 7) is 21.8. The molecular weight excluding hydrogens is 438 g/mol. The van der Waals surface area contributed by atoms with Crippen LogP contribution in [0.5, 0.6) is 0 Å². The predicted octanol–water partition coefficient (Wildman–Crippen LogP) is 10.7. The number of hydrogen-bond acceptors (Lipinski definition) is 2. The fraction of sp³-hybridized carbons (Fsp3) is 1.00. The first-order chi connectivity index (χ1) is 17.5. The molecular formula is C34H71NO. The Morgan fingerprint density at radius 1 is 0.500 bits per heavy atom. The van der Waals surface area contributed by atoms with Gasteiger partial charge < -0.3 is 10.5 Å². The Hall–Kier alpha value is -0.0800. The molecule has 0 spiro atoms. The van der Waals surface area contributed by atoms with Crippen LogP contribution in [-0.2, 0) is 4.74 Å². The van der Waals surface area contributed by atoms with E-state index in [0.29, 0.717) is 0 Å². The first kappa shape index (κ1) is 35.9. The third-order valence-electron chi connectivity index (χ3n) is 9.76. The highest BCUT2D eigenvalue weighted by atomic mass is 16.5. The highest BCUT2D eigenvalue weighted by Gasteiger charge is 2.27. The molecule has 0 aliphatic carbocycles. The topological polar surface area (TPSA) is 35.2 Å². The highest BCUT2D eigenvalue weighted by molar-refractivity contribution is 4.78. The van der Waals surface area contributed by atoms with Crippen LogP contribution in [0.25, 0.3) is 0 Å². The quantitative estimate of drug-likeness (QED) is 0.118. The molecule has 0 saturated carbocycles. The van der Waals surface area contributed by atoms with Gasteiger partial charge in [-0.15, -0.1) is 0 Å². The maximum Gasteiger partial charge on any atom is 0.0494 e. The number of rotatable bonds is 26. The van der Waals surface area contributed by atoms with E-state index in [4.69, 9.17) is 10.5 Å². The molecule has 0 amide bonds. The molecule has 0 rings (SSSR count). The van der Waals surface area contributed by atoms with Crippen LogP contribution in [0.4, 0.5) is 0 Å². The van der Waals surface area contributed by atoms with Crippen molar-refractivity contribution in [3.8, 4) is 0 Å².